The highest BCUT2D eigenvalue weighted by atomic mass is 35.5. The third kappa shape index (κ3) is 3.47. The van der Waals surface area contributed by atoms with Gasteiger partial charge in [-0.2, -0.15) is 0 Å². The molecule has 0 aliphatic heterocycles. The first-order valence-corrected chi connectivity index (χ1v) is 9.37. The van der Waals surface area contributed by atoms with Crippen LogP contribution in [-0.2, 0) is 12.3 Å². The summed E-state index contributed by atoms with van der Waals surface area (Å²) in [5, 5.41) is 10.4. The van der Waals surface area contributed by atoms with Crippen LogP contribution in [0.5, 0.6) is 0 Å². The normalized spacial score (nSPS) is 14.0. The summed E-state index contributed by atoms with van der Waals surface area (Å²) in [6, 6.07) is 14.4. The van der Waals surface area contributed by atoms with E-state index in [1.165, 1.54) is 18.4 Å². The average molecular weight is 357 g/mol. The van der Waals surface area contributed by atoms with Crippen molar-refractivity contribution >= 4 is 23.4 Å². The van der Waals surface area contributed by atoms with Gasteiger partial charge in [-0.1, -0.05) is 59.8 Å². The van der Waals surface area contributed by atoms with Crippen molar-refractivity contribution in [2.75, 3.05) is 0 Å². The summed E-state index contributed by atoms with van der Waals surface area (Å²) >= 11 is 7.82. The van der Waals surface area contributed by atoms with Crippen molar-refractivity contribution in [1.82, 2.24) is 19.7 Å². The van der Waals surface area contributed by atoms with Crippen molar-refractivity contribution in [2.45, 2.75) is 36.2 Å². The molecule has 1 aliphatic carbocycles. The Labute approximate surface area is 150 Å². The molecule has 6 heteroatoms. The molecule has 3 aromatic rings. The SMILES string of the molecule is Clc1ncccc1CSc1nnc(C2CC2)n1Cc1ccccc1. The number of aromatic nitrogens is 4. The molecular weight excluding hydrogens is 340 g/mol. The van der Waals surface area contributed by atoms with E-state index in [1.54, 1.807) is 18.0 Å². The maximum atomic E-state index is 6.16. The third-order valence-electron chi connectivity index (χ3n) is 4.06. The number of thioether (sulfide) groups is 1. The minimum atomic E-state index is 0.557. The highest BCUT2D eigenvalue weighted by Crippen LogP contribution is 2.40. The van der Waals surface area contributed by atoms with E-state index in [1.807, 2.05) is 18.2 Å². The number of hydrogen-bond donors (Lipinski definition) is 0. The molecule has 4 rings (SSSR count). The number of pyridine rings is 1. The predicted molar refractivity (Wildman–Crippen MR) is 96.3 cm³/mol. The Kier molecular flexibility index (Phi) is 4.54. The second kappa shape index (κ2) is 6.95. The largest absolute Gasteiger partial charge is 0.301 e. The number of nitrogens with zero attached hydrogens (tertiary/aromatic N) is 4. The number of hydrogen-bond acceptors (Lipinski definition) is 4. The molecule has 1 saturated carbocycles. The molecule has 0 radical (unpaired) electrons. The van der Waals surface area contributed by atoms with Crippen LogP contribution in [0.15, 0.2) is 53.8 Å². The summed E-state index contributed by atoms with van der Waals surface area (Å²) in [5.41, 5.74) is 2.28. The van der Waals surface area contributed by atoms with E-state index in [2.05, 4.69) is 44.0 Å². The van der Waals surface area contributed by atoms with Crippen molar-refractivity contribution in [3.63, 3.8) is 0 Å². The Bertz CT molecular complexity index is 830. The van der Waals surface area contributed by atoms with E-state index < -0.39 is 0 Å². The molecular formula is C18H17ClN4S. The van der Waals surface area contributed by atoms with Crippen LogP contribution in [0.4, 0.5) is 0 Å². The fourth-order valence-electron chi connectivity index (χ4n) is 2.63. The van der Waals surface area contributed by atoms with Crippen LogP contribution in [0.3, 0.4) is 0 Å². The molecule has 0 bridgehead atoms. The zero-order chi connectivity index (χ0) is 16.4. The molecule has 1 fully saturated rings. The molecule has 122 valence electrons. The van der Waals surface area contributed by atoms with E-state index in [-0.39, 0.29) is 0 Å². The van der Waals surface area contributed by atoms with Gasteiger partial charge in [0.15, 0.2) is 5.16 Å². The Morgan fingerprint density at radius 2 is 1.92 bits per heavy atom. The van der Waals surface area contributed by atoms with E-state index >= 15 is 0 Å². The maximum absolute atomic E-state index is 6.16. The Balaban J connectivity index is 1.57. The van der Waals surface area contributed by atoms with Gasteiger partial charge in [0.1, 0.15) is 11.0 Å². The van der Waals surface area contributed by atoms with Gasteiger partial charge < -0.3 is 4.57 Å². The van der Waals surface area contributed by atoms with Gasteiger partial charge in [0.05, 0.1) is 6.54 Å². The zero-order valence-electron chi connectivity index (χ0n) is 13.1. The smallest absolute Gasteiger partial charge is 0.191 e. The minimum absolute atomic E-state index is 0.557. The van der Waals surface area contributed by atoms with Crippen molar-refractivity contribution in [3.05, 3.63) is 70.8 Å². The molecule has 0 spiro atoms. The molecule has 2 aromatic heterocycles. The molecule has 0 N–H and O–H groups in total. The first-order chi connectivity index (χ1) is 11.8. The fourth-order valence-corrected chi connectivity index (χ4v) is 3.83. The van der Waals surface area contributed by atoms with Crippen LogP contribution < -0.4 is 0 Å². The second-order valence-corrected chi connectivity index (χ2v) is 7.23. The van der Waals surface area contributed by atoms with Gasteiger partial charge in [-0.3, -0.25) is 0 Å². The van der Waals surface area contributed by atoms with Gasteiger partial charge >= 0.3 is 0 Å². The van der Waals surface area contributed by atoms with Gasteiger partial charge in [0, 0.05) is 17.9 Å². The van der Waals surface area contributed by atoms with Gasteiger partial charge in [0.25, 0.3) is 0 Å². The van der Waals surface area contributed by atoms with Crippen LogP contribution >= 0.6 is 23.4 Å². The van der Waals surface area contributed by atoms with Crippen LogP contribution in [0.1, 0.15) is 35.7 Å². The van der Waals surface area contributed by atoms with E-state index in [9.17, 15) is 0 Å². The first kappa shape index (κ1) is 15.7. The van der Waals surface area contributed by atoms with Gasteiger partial charge in [0.2, 0.25) is 0 Å². The van der Waals surface area contributed by atoms with Crippen LogP contribution in [0.25, 0.3) is 0 Å². The second-order valence-electron chi connectivity index (χ2n) is 5.93. The predicted octanol–water partition coefficient (Wildman–Crippen LogP) is 4.54. The molecule has 0 saturated heterocycles. The van der Waals surface area contributed by atoms with Crippen molar-refractivity contribution < 1.29 is 0 Å². The lowest BCUT2D eigenvalue weighted by Crippen LogP contribution is -2.06. The Morgan fingerprint density at radius 1 is 1.08 bits per heavy atom. The quantitative estimate of drug-likeness (QED) is 0.480. The molecule has 24 heavy (non-hydrogen) atoms. The summed E-state index contributed by atoms with van der Waals surface area (Å²) in [7, 11) is 0. The van der Waals surface area contributed by atoms with Gasteiger partial charge in [-0.15, -0.1) is 10.2 Å². The Hall–Kier alpha value is -1.85. The molecule has 2 heterocycles. The first-order valence-electron chi connectivity index (χ1n) is 8.00. The summed E-state index contributed by atoms with van der Waals surface area (Å²) in [5.74, 6) is 2.42. The van der Waals surface area contributed by atoms with Gasteiger partial charge in [-0.05, 0) is 30.0 Å². The minimum Gasteiger partial charge on any atom is -0.301 e. The maximum Gasteiger partial charge on any atom is 0.191 e. The number of halogens is 1. The van der Waals surface area contributed by atoms with Crippen LogP contribution in [-0.4, -0.2) is 19.7 Å². The molecule has 0 unspecified atom stereocenters. The summed E-state index contributed by atoms with van der Waals surface area (Å²) in [6.07, 6.45) is 4.14. The molecule has 4 nitrogen and oxygen atoms in total. The zero-order valence-corrected chi connectivity index (χ0v) is 14.7. The van der Waals surface area contributed by atoms with Crippen LogP contribution in [0, 0.1) is 0 Å². The number of rotatable bonds is 6. The highest BCUT2D eigenvalue weighted by molar-refractivity contribution is 7.98. The van der Waals surface area contributed by atoms with Crippen molar-refractivity contribution in [1.29, 1.82) is 0 Å². The highest BCUT2D eigenvalue weighted by Gasteiger charge is 2.30. The van der Waals surface area contributed by atoms with Crippen molar-refractivity contribution in [2.24, 2.45) is 0 Å². The number of benzene rings is 1. The Morgan fingerprint density at radius 3 is 2.67 bits per heavy atom. The van der Waals surface area contributed by atoms with E-state index in [0.717, 1.165) is 28.8 Å². The lowest BCUT2D eigenvalue weighted by atomic mass is 10.2. The summed E-state index contributed by atoms with van der Waals surface area (Å²) < 4.78 is 2.25. The monoisotopic (exact) mass is 356 g/mol. The molecule has 0 amide bonds. The van der Waals surface area contributed by atoms with E-state index in [0.29, 0.717) is 11.1 Å². The lowest BCUT2D eigenvalue weighted by Gasteiger charge is -2.10. The molecule has 1 aliphatic rings. The molecule has 1 aromatic carbocycles. The van der Waals surface area contributed by atoms with Crippen LogP contribution in [0.2, 0.25) is 5.15 Å². The third-order valence-corrected chi connectivity index (χ3v) is 5.42. The topological polar surface area (TPSA) is 43.6 Å². The fraction of sp³-hybridized carbons (Fsp3) is 0.278. The van der Waals surface area contributed by atoms with E-state index in [4.69, 9.17) is 11.6 Å². The standard InChI is InChI=1S/C18H17ClN4S/c19-16-15(7-4-10-20-16)12-24-18-22-21-17(14-8-9-14)23(18)11-13-5-2-1-3-6-13/h1-7,10,14H,8-9,11-12H2. The average Bonchev–Trinajstić information content (AvgIpc) is 3.38. The van der Waals surface area contributed by atoms with Gasteiger partial charge in [-0.25, -0.2) is 4.98 Å². The molecule has 0 atom stereocenters. The summed E-state index contributed by atoms with van der Waals surface area (Å²) in [4.78, 5) is 4.13. The lowest BCUT2D eigenvalue weighted by molar-refractivity contribution is 0.667. The summed E-state index contributed by atoms with van der Waals surface area (Å²) in [6.45, 7) is 0.808. The van der Waals surface area contributed by atoms with Crippen molar-refractivity contribution in [3.8, 4) is 0 Å².